The number of rotatable bonds is 59. The normalized spacial score (nSPS) is 27.6. The van der Waals surface area contributed by atoms with Crippen LogP contribution in [0.1, 0.15) is 297 Å². The van der Waals surface area contributed by atoms with Gasteiger partial charge in [0.1, 0.15) is 67.1 Å². The number of allylic oxidation sites excluding steroid dienone is 2. The molecule has 18 unspecified atom stereocenters. The number of carboxylic acids is 1. The molecule has 0 spiro atoms. The van der Waals surface area contributed by atoms with Gasteiger partial charge in [0, 0.05) is 19.8 Å². The first-order valence-corrected chi connectivity index (χ1v) is 38.0. The fraction of sp³-hybridized carbons (Fsp3) is 0.932. The number of ether oxygens (including phenoxy) is 6. The van der Waals surface area contributed by atoms with Crippen molar-refractivity contribution in [2.45, 2.75) is 407 Å². The molecule has 23 heteroatoms. The average molecular weight is 1380 g/mol. The quantitative estimate of drug-likeness (QED) is 0.0200. The van der Waals surface area contributed by atoms with E-state index in [1.54, 1.807) is 0 Å². The van der Waals surface area contributed by atoms with Crippen molar-refractivity contribution in [1.82, 2.24) is 10.6 Å². The number of hydrogen-bond donors (Lipinski definition) is 14. The van der Waals surface area contributed by atoms with Gasteiger partial charge in [0.15, 0.2) is 12.6 Å². The molecule has 0 aromatic rings. The summed E-state index contributed by atoms with van der Waals surface area (Å²) >= 11 is 0. The second kappa shape index (κ2) is 53.3. The van der Waals surface area contributed by atoms with Gasteiger partial charge in [-0.25, -0.2) is 4.79 Å². The molecule has 0 aromatic carbocycles. The monoisotopic (exact) mass is 1380 g/mol. The van der Waals surface area contributed by atoms with Crippen LogP contribution in [0.4, 0.5) is 0 Å². The summed E-state index contributed by atoms with van der Waals surface area (Å²) in [5, 5.41) is 136. The van der Waals surface area contributed by atoms with E-state index < -0.39 is 148 Å². The van der Waals surface area contributed by atoms with Crippen LogP contribution in [0.25, 0.3) is 0 Å². The molecular formula is C73H136N2O21. The maximum absolute atomic E-state index is 13.5. The summed E-state index contributed by atoms with van der Waals surface area (Å²) in [6.07, 6.45) is 25.1. The van der Waals surface area contributed by atoms with Crippen LogP contribution < -0.4 is 10.6 Å². The van der Waals surface area contributed by atoms with E-state index in [1.807, 2.05) is 0 Å². The van der Waals surface area contributed by atoms with Crippen molar-refractivity contribution < 1.29 is 104 Å². The van der Waals surface area contributed by atoms with E-state index in [1.165, 1.54) is 193 Å². The van der Waals surface area contributed by atoms with Gasteiger partial charge >= 0.3 is 5.97 Å². The molecule has 96 heavy (non-hydrogen) atoms. The lowest BCUT2D eigenvalue weighted by atomic mass is 9.88. The van der Waals surface area contributed by atoms with Crippen LogP contribution in [-0.2, 0) is 42.8 Å². The smallest absolute Gasteiger partial charge is 0.364 e. The van der Waals surface area contributed by atoms with Crippen LogP contribution in [-0.4, -0.2) is 215 Å². The molecule has 0 aliphatic carbocycles. The number of nitrogens with one attached hydrogen (secondary N) is 2. The van der Waals surface area contributed by atoms with Gasteiger partial charge in [0.05, 0.1) is 50.7 Å². The number of amides is 2. The Morgan fingerprint density at radius 3 is 1.41 bits per heavy atom. The van der Waals surface area contributed by atoms with Crippen molar-refractivity contribution in [3.63, 3.8) is 0 Å². The second-order valence-corrected chi connectivity index (χ2v) is 27.9. The zero-order valence-electron chi connectivity index (χ0n) is 59.2. The molecule has 3 aliphatic heterocycles. The Kier molecular flexibility index (Phi) is 48.7. The Balaban J connectivity index is 1.50. The molecule has 23 nitrogen and oxygen atoms in total. The van der Waals surface area contributed by atoms with Crippen LogP contribution in [0.3, 0.4) is 0 Å². The standard InChI is InChI=1S/C73H136N2O21/c1-4-6-8-10-12-14-16-18-20-21-22-23-24-25-26-27-28-29-30-31-32-33-35-37-39-41-43-45-47-60(83)75-54(55(80)46-44-42-40-38-36-34-19-17-15-13-11-9-7-5-2)52-91-70-65(87)64(86)67(59(51-78)93-70)94-71-66(88)69(63(85)58(50-77)92-71)96-73(72(89)90)48-56(81)61(74-53(3)79)68(95-73)62(84)57(82)49-76/h25-26,54-59,61-71,76-78,80-82,84-88H,4-24,27-52H2,1-3H3,(H,74,79)(H,75,83)(H,89,90)/b26-25-. The van der Waals surface area contributed by atoms with Gasteiger partial charge in [0.2, 0.25) is 11.8 Å². The zero-order valence-corrected chi connectivity index (χ0v) is 59.2. The van der Waals surface area contributed by atoms with Gasteiger partial charge in [-0.3, -0.25) is 9.59 Å². The summed E-state index contributed by atoms with van der Waals surface area (Å²) in [5.41, 5.74) is 0. The van der Waals surface area contributed by atoms with Crippen LogP contribution in [0.5, 0.6) is 0 Å². The molecule has 2 amide bonds. The van der Waals surface area contributed by atoms with E-state index in [0.717, 1.165) is 58.3 Å². The Morgan fingerprint density at radius 1 is 0.531 bits per heavy atom. The molecule has 18 atom stereocenters. The largest absolute Gasteiger partial charge is 0.477 e. The number of aliphatic hydroxyl groups excluding tert-OH is 11. The molecule has 14 N–H and O–H groups in total. The Bertz CT molecular complexity index is 1980. The third-order valence-electron chi connectivity index (χ3n) is 19.5. The van der Waals surface area contributed by atoms with Crippen molar-refractivity contribution in [1.29, 1.82) is 0 Å². The Morgan fingerprint density at radius 2 is 0.969 bits per heavy atom. The molecule has 3 saturated heterocycles. The summed E-state index contributed by atoms with van der Waals surface area (Å²) in [6, 6.07) is -2.53. The first kappa shape index (κ1) is 87.7. The highest BCUT2D eigenvalue weighted by Crippen LogP contribution is 2.39. The molecule has 3 aliphatic rings. The van der Waals surface area contributed by atoms with E-state index in [4.69, 9.17) is 28.4 Å². The summed E-state index contributed by atoms with van der Waals surface area (Å²) in [5.74, 6) is -6.10. The van der Waals surface area contributed by atoms with Gasteiger partial charge in [-0.2, -0.15) is 0 Å². The Hall–Kier alpha value is -2.53. The van der Waals surface area contributed by atoms with E-state index in [9.17, 15) is 75.7 Å². The van der Waals surface area contributed by atoms with Gasteiger partial charge < -0.3 is 100 Å². The number of carboxylic acid groups (broad SMARTS) is 1. The molecule has 0 bridgehead atoms. The van der Waals surface area contributed by atoms with Crippen LogP contribution >= 0.6 is 0 Å². The van der Waals surface area contributed by atoms with Gasteiger partial charge in [-0.15, -0.1) is 0 Å². The predicted molar refractivity (Wildman–Crippen MR) is 366 cm³/mol. The summed E-state index contributed by atoms with van der Waals surface area (Å²) in [7, 11) is 0. The highest BCUT2D eigenvalue weighted by molar-refractivity contribution is 5.77. The van der Waals surface area contributed by atoms with Crippen molar-refractivity contribution in [3.8, 4) is 0 Å². The number of aliphatic hydroxyl groups is 11. The Labute approximate surface area is 575 Å². The van der Waals surface area contributed by atoms with Crippen LogP contribution in [0, 0.1) is 0 Å². The SMILES string of the molecule is CCCCCCCCCCCCCC/C=C\CCCCCCCCCCCCCCC(=O)NC(COC1OC(CO)C(OC2OC(CO)C(O)C(OC3(C(=O)O)CC(O)C(NC(C)=O)C(C(O)C(O)CO)O3)C2O)C(O)C1O)C(O)CCCCCCCCCCCCCCCC. The van der Waals surface area contributed by atoms with Gasteiger partial charge in [0.25, 0.3) is 5.79 Å². The van der Waals surface area contributed by atoms with Crippen molar-refractivity contribution in [3.05, 3.63) is 12.2 Å². The minimum Gasteiger partial charge on any atom is -0.477 e. The summed E-state index contributed by atoms with van der Waals surface area (Å²) in [6.45, 7) is 2.23. The van der Waals surface area contributed by atoms with Crippen molar-refractivity contribution >= 4 is 17.8 Å². The van der Waals surface area contributed by atoms with Crippen LogP contribution in [0.2, 0.25) is 0 Å². The highest BCUT2D eigenvalue weighted by atomic mass is 16.8. The number of carbonyl (C=O) groups is 3. The fourth-order valence-corrected chi connectivity index (χ4v) is 13.4. The van der Waals surface area contributed by atoms with Gasteiger partial charge in [-0.1, -0.05) is 251 Å². The number of carbonyl (C=O) groups excluding carboxylic acids is 2. The van der Waals surface area contributed by atoms with Crippen LogP contribution in [0.15, 0.2) is 12.2 Å². The molecular weight excluding hydrogens is 1240 g/mol. The summed E-state index contributed by atoms with van der Waals surface area (Å²) < 4.78 is 34.9. The predicted octanol–water partition coefficient (Wildman–Crippen LogP) is 8.63. The third kappa shape index (κ3) is 34.4. The average Bonchev–Trinajstić information content (AvgIpc) is 0.759. The zero-order chi connectivity index (χ0) is 70.4. The van der Waals surface area contributed by atoms with Crippen molar-refractivity contribution in [2.75, 3.05) is 26.4 Å². The highest BCUT2D eigenvalue weighted by Gasteiger charge is 2.60. The molecule has 0 aromatic heterocycles. The molecule has 564 valence electrons. The summed E-state index contributed by atoms with van der Waals surface area (Å²) in [4.78, 5) is 38.6. The minimum absolute atomic E-state index is 0.225. The fourth-order valence-electron chi connectivity index (χ4n) is 13.4. The minimum atomic E-state index is -3.08. The van der Waals surface area contributed by atoms with E-state index in [2.05, 4.69) is 36.6 Å². The van der Waals surface area contributed by atoms with E-state index >= 15 is 0 Å². The molecule has 3 fully saturated rings. The second-order valence-electron chi connectivity index (χ2n) is 27.9. The van der Waals surface area contributed by atoms with E-state index in [-0.39, 0.29) is 18.9 Å². The molecule has 0 radical (unpaired) electrons. The molecule has 3 heterocycles. The van der Waals surface area contributed by atoms with Gasteiger partial charge in [-0.05, 0) is 38.5 Å². The maximum atomic E-state index is 13.5. The lowest BCUT2D eigenvalue weighted by Gasteiger charge is -2.50. The first-order valence-electron chi connectivity index (χ1n) is 38.0. The first-order chi connectivity index (χ1) is 46.4. The number of aliphatic carboxylic acids is 1. The number of unbranched alkanes of at least 4 members (excludes halogenated alkanes) is 37. The van der Waals surface area contributed by atoms with E-state index in [0.29, 0.717) is 19.3 Å². The number of hydrogen-bond acceptors (Lipinski definition) is 20. The maximum Gasteiger partial charge on any atom is 0.364 e. The third-order valence-corrected chi connectivity index (χ3v) is 19.5. The van der Waals surface area contributed by atoms with Crippen molar-refractivity contribution in [2.24, 2.45) is 0 Å². The lowest BCUT2D eigenvalue weighted by Crippen LogP contribution is -2.70. The molecule has 0 saturated carbocycles. The topological polar surface area (TPSA) is 373 Å². The lowest BCUT2D eigenvalue weighted by molar-refractivity contribution is -0.386. The molecule has 3 rings (SSSR count).